The van der Waals surface area contributed by atoms with Crippen LogP contribution in [0.15, 0.2) is 60.7 Å². The summed E-state index contributed by atoms with van der Waals surface area (Å²) >= 11 is 0. The predicted octanol–water partition coefficient (Wildman–Crippen LogP) is 2.09. The van der Waals surface area contributed by atoms with Gasteiger partial charge in [0.25, 0.3) is 0 Å². The summed E-state index contributed by atoms with van der Waals surface area (Å²) in [6.45, 7) is 0. The lowest BCUT2D eigenvalue weighted by atomic mass is 9.81. The lowest BCUT2D eigenvalue weighted by molar-refractivity contribution is -0.143. The van der Waals surface area contributed by atoms with Gasteiger partial charge in [-0.15, -0.1) is 0 Å². The third-order valence-corrected chi connectivity index (χ3v) is 3.76. The number of benzene rings is 2. The lowest BCUT2D eigenvalue weighted by Gasteiger charge is -2.34. The zero-order valence-corrected chi connectivity index (χ0v) is 12.8. The van der Waals surface area contributed by atoms with Crippen molar-refractivity contribution in [2.24, 2.45) is 0 Å². The highest BCUT2D eigenvalue weighted by Crippen LogP contribution is 2.38. The second-order valence-corrected chi connectivity index (χ2v) is 5.57. The number of hydrogen-bond acceptors (Lipinski definition) is 3. The summed E-state index contributed by atoms with van der Waals surface area (Å²) in [7, 11) is 3.26. The Hall–Kier alpha value is -2.17. The zero-order valence-electron chi connectivity index (χ0n) is 12.8. The molecule has 0 saturated heterocycles. The van der Waals surface area contributed by atoms with E-state index in [1.54, 1.807) is 62.6 Å². The standard InChI is InChI=1S/C18H21NO3/c1-19(2)16(20)13-18(22,15-11-7-4-8-12-15)17(21)14-9-5-3-6-10-14/h3-12,17,21-22H,13H2,1-2H3. The van der Waals surface area contributed by atoms with Gasteiger partial charge in [0, 0.05) is 14.1 Å². The van der Waals surface area contributed by atoms with Crippen LogP contribution >= 0.6 is 0 Å². The third kappa shape index (κ3) is 3.35. The number of carbonyl (C=O) groups excluding carboxylic acids is 1. The molecule has 2 N–H and O–H groups in total. The molecule has 4 heteroatoms. The maximum absolute atomic E-state index is 12.1. The van der Waals surface area contributed by atoms with Crippen molar-refractivity contribution in [1.82, 2.24) is 4.90 Å². The van der Waals surface area contributed by atoms with E-state index in [1.165, 1.54) is 4.90 Å². The van der Waals surface area contributed by atoms with Crippen LogP contribution in [0.1, 0.15) is 23.7 Å². The summed E-state index contributed by atoms with van der Waals surface area (Å²) in [5.41, 5.74) is -0.591. The first kappa shape index (κ1) is 16.2. The van der Waals surface area contributed by atoms with Gasteiger partial charge >= 0.3 is 0 Å². The zero-order chi connectivity index (χ0) is 16.2. The minimum absolute atomic E-state index is 0.194. The maximum Gasteiger partial charge on any atom is 0.225 e. The largest absolute Gasteiger partial charge is 0.385 e. The predicted molar refractivity (Wildman–Crippen MR) is 85.1 cm³/mol. The summed E-state index contributed by atoms with van der Waals surface area (Å²) in [6.07, 6.45) is -1.39. The topological polar surface area (TPSA) is 60.8 Å². The van der Waals surface area contributed by atoms with Crippen molar-refractivity contribution in [2.45, 2.75) is 18.1 Å². The van der Waals surface area contributed by atoms with Gasteiger partial charge in [-0.25, -0.2) is 0 Å². The number of amides is 1. The molecule has 2 unspecified atom stereocenters. The second-order valence-electron chi connectivity index (χ2n) is 5.57. The van der Waals surface area contributed by atoms with Crippen LogP contribution in [0.2, 0.25) is 0 Å². The molecule has 2 rings (SSSR count). The quantitative estimate of drug-likeness (QED) is 0.888. The van der Waals surface area contributed by atoms with Gasteiger partial charge < -0.3 is 15.1 Å². The minimum Gasteiger partial charge on any atom is -0.385 e. The van der Waals surface area contributed by atoms with Gasteiger partial charge in [-0.2, -0.15) is 0 Å². The van der Waals surface area contributed by atoms with E-state index in [1.807, 2.05) is 12.1 Å². The molecule has 2 aromatic carbocycles. The Kier molecular flexibility index (Phi) is 4.96. The van der Waals surface area contributed by atoms with E-state index in [-0.39, 0.29) is 12.3 Å². The van der Waals surface area contributed by atoms with Crippen molar-refractivity contribution in [3.8, 4) is 0 Å². The number of nitrogens with zero attached hydrogens (tertiary/aromatic N) is 1. The highest BCUT2D eigenvalue weighted by molar-refractivity contribution is 5.77. The van der Waals surface area contributed by atoms with Crippen molar-refractivity contribution >= 4 is 5.91 Å². The number of aliphatic hydroxyl groups is 2. The summed E-state index contributed by atoms with van der Waals surface area (Å²) < 4.78 is 0. The van der Waals surface area contributed by atoms with Gasteiger partial charge in [-0.3, -0.25) is 4.79 Å². The lowest BCUT2D eigenvalue weighted by Crippen LogP contribution is -2.39. The van der Waals surface area contributed by atoms with E-state index in [0.717, 1.165) is 0 Å². The molecule has 2 atom stereocenters. The number of rotatable bonds is 5. The molecule has 22 heavy (non-hydrogen) atoms. The van der Waals surface area contributed by atoms with E-state index in [0.29, 0.717) is 11.1 Å². The van der Waals surface area contributed by atoms with Crippen LogP contribution in [0.4, 0.5) is 0 Å². The molecular weight excluding hydrogens is 278 g/mol. The fourth-order valence-corrected chi connectivity index (χ4v) is 2.38. The Balaban J connectivity index is 2.43. The summed E-state index contributed by atoms with van der Waals surface area (Å²) in [5, 5.41) is 21.8. The minimum atomic E-state index is -1.68. The molecule has 0 aliphatic heterocycles. The molecule has 0 spiro atoms. The Morgan fingerprint density at radius 1 is 1.05 bits per heavy atom. The van der Waals surface area contributed by atoms with E-state index >= 15 is 0 Å². The van der Waals surface area contributed by atoms with Crippen LogP contribution in [-0.2, 0) is 10.4 Å². The van der Waals surface area contributed by atoms with Crippen LogP contribution in [-0.4, -0.2) is 35.1 Å². The maximum atomic E-state index is 12.1. The molecule has 0 aliphatic rings. The van der Waals surface area contributed by atoms with Gasteiger partial charge in [-0.1, -0.05) is 60.7 Å². The van der Waals surface area contributed by atoms with E-state index in [4.69, 9.17) is 0 Å². The van der Waals surface area contributed by atoms with Gasteiger partial charge in [0.15, 0.2) is 0 Å². The first-order chi connectivity index (χ1) is 10.4. The van der Waals surface area contributed by atoms with Gasteiger partial charge in [0.05, 0.1) is 6.42 Å². The smallest absolute Gasteiger partial charge is 0.225 e. The molecule has 2 aromatic rings. The summed E-state index contributed by atoms with van der Waals surface area (Å²) in [4.78, 5) is 13.5. The Morgan fingerprint density at radius 3 is 2.05 bits per heavy atom. The molecule has 0 aliphatic carbocycles. The van der Waals surface area contributed by atoms with Crippen molar-refractivity contribution in [3.05, 3.63) is 71.8 Å². The van der Waals surface area contributed by atoms with E-state index in [2.05, 4.69) is 0 Å². The fourth-order valence-electron chi connectivity index (χ4n) is 2.38. The average Bonchev–Trinajstić information content (AvgIpc) is 2.55. The first-order valence-electron chi connectivity index (χ1n) is 7.16. The van der Waals surface area contributed by atoms with Crippen LogP contribution in [0, 0.1) is 0 Å². The highest BCUT2D eigenvalue weighted by atomic mass is 16.3. The fraction of sp³-hybridized carbons (Fsp3) is 0.278. The van der Waals surface area contributed by atoms with E-state index in [9.17, 15) is 15.0 Å². The molecule has 0 heterocycles. The van der Waals surface area contributed by atoms with Crippen molar-refractivity contribution < 1.29 is 15.0 Å². The molecular formula is C18H21NO3. The van der Waals surface area contributed by atoms with Gasteiger partial charge in [0.2, 0.25) is 5.91 Å². The van der Waals surface area contributed by atoms with Crippen molar-refractivity contribution in [1.29, 1.82) is 0 Å². The van der Waals surface area contributed by atoms with Crippen LogP contribution in [0.3, 0.4) is 0 Å². The van der Waals surface area contributed by atoms with Crippen molar-refractivity contribution in [3.63, 3.8) is 0 Å². The monoisotopic (exact) mass is 299 g/mol. The molecule has 0 radical (unpaired) electrons. The molecule has 4 nitrogen and oxygen atoms in total. The number of aliphatic hydroxyl groups excluding tert-OH is 1. The Morgan fingerprint density at radius 2 is 1.55 bits per heavy atom. The Bertz CT molecular complexity index is 613. The average molecular weight is 299 g/mol. The molecule has 0 aromatic heterocycles. The van der Waals surface area contributed by atoms with Crippen molar-refractivity contribution in [2.75, 3.05) is 14.1 Å². The SMILES string of the molecule is CN(C)C(=O)CC(O)(c1ccccc1)C(O)c1ccccc1. The summed E-state index contributed by atoms with van der Waals surface area (Å²) in [5.74, 6) is -0.249. The third-order valence-electron chi connectivity index (χ3n) is 3.76. The highest BCUT2D eigenvalue weighted by Gasteiger charge is 2.40. The summed E-state index contributed by atoms with van der Waals surface area (Å²) in [6, 6.07) is 17.7. The molecule has 116 valence electrons. The Labute approximate surface area is 130 Å². The normalized spacial score (nSPS) is 14.9. The molecule has 0 saturated carbocycles. The second kappa shape index (κ2) is 6.73. The van der Waals surface area contributed by atoms with Crippen LogP contribution in [0.5, 0.6) is 0 Å². The van der Waals surface area contributed by atoms with Gasteiger partial charge in [0.1, 0.15) is 11.7 Å². The van der Waals surface area contributed by atoms with Gasteiger partial charge in [-0.05, 0) is 11.1 Å². The van der Waals surface area contributed by atoms with Crippen LogP contribution < -0.4 is 0 Å². The number of carbonyl (C=O) groups is 1. The number of hydrogen-bond donors (Lipinski definition) is 2. The first-order valence-corrected chi connectivity index (χ1v) is 7.16. The van der Waals surface area contributed by atoms with E-state index < -0.39 is 11.7 Å². The molecule has 1 amide bonds. The van der Waals surface area contributed by atoms with Crippen LogP contribution in [0.25, 0.3) is 0 Å². The molecule has 0 bridgehead atoms. The molecule has 0 fully saturated rings.